The Balaban J connectivity index is 1.69. The van der Waals surface area contributed by atoms with Gasteiger partial charge in [0, 0.05) is 15.7 Å². The number of carbonyl (C=O) groups is 2. The molecule has 0 bridgehead atoms. The predicted molar refractivity (Wildman–Crippen MR) is 117 cm³/mol. The molecule has 3 rings (SSSR count). The number of hydrogen-bond acceptors (Lipinski definition) is 5. The molecule has 3 aromatic rings. The van der Waals surface area contributed by atoms with E-state index >= 15 is 0 Å². The Morgan fingerprint density at radius 1 is 1.03 bits per heavy atom. The fourth-order valence-corrected chi connectivity index (χ4v) is 2.88. The number of ether oxygens (including phenoxy) is 1. The van der Waals surface area contributed by atoms with Crippen LogP contribution in [0.2, 0.25) is 0 Å². The molecule has 2 amide bonds. The standard InChI is InChI=1S/C20H16BrN3O4S/c1-27-16-9-8-14(22-19(26)17-3-2-10-28-17)11-15(16)23-20(29)24-18(25)12-4-6-13(21)7-5-12/h2-11H,1H3,(H,22,26)(H2,23,24,25,29). The van der Waals surface area contributed by atoms with E-state index < -0.39 is 5.91 Å². The molecule has 29 heavy (non-hydrogen) atoms. The smallest absolute Gasteiger partial charge is 0.291 e. The maximum atomic E-state index is 12.3. The molecule has 7 nitrogen and oxygen atoms in total. The van der Waals surface area contributed by atoms with Gasteiger partial charge >= 0.3 is 0 Å². The van der Waals surface area contributed by atoms with Gasteiger partial charge in [-0.1, -0.05) is 15.9 Å². The number of nitrogens with one attached hydrogen (secondary N) is 3. The number of benzene rings is 2. The van der Waals surface area contributed by atoms with Gasteiger partial charge in [-0.25, -0.2) is 0 Å². The highest BCUT2D eigenvalue weighted by molar-refractivity contribution is 9.10. The Morgan fingerprint density at radius 2 is 1.79 bits per heavy atom. The average molecular weight is 474 g/mol. The minimum Gasteiger partial charge on any atom is -0.495 e. The summed E-state index contributed by atoms with van der Waals surface area (Å²) < 4.78 is 11.3. The summed E-state index contributed by atoms with van der Waals surface area (Å²) in [7, 11) is 1.51. The van der Waals surface area contributed by atoms with Gasteiger partial charge < -0.3 is 19.8 Å². The fraction of sp³-hybridized carbons (Fsp3) is 0.0500. The first kappa shape index (κ1) is 20.6. The highest BCUT2D eigenvalue weighted by atomic mass is 79.9. The second-order valence-corrected chi connectivity index (χ2v) is 7.09. The molecule has 9 heteroatoms. The van der Waals surface area contributed by atoms with Crippen molar-refractivity contribution in [1.29, 1.82) is 0 Å². The van der Waals surface area contributed by atoms with Crippen LogP contribution in [0.25, 0.3) is 0 Å². The second kappa shape index (κ2) is 9.35. The lowest BCUT2D eigenvalue weighted by Gasteiger charge is -2.14. The van der Waals surface area contributed by atoms with E-state index in [1.807, 2.05) is 0 Å². The number of rotatable bonds is 5. The highest BCUT2D eigenvalue weighted by Crippen LogP contribution is 2.28. The maximum Gasteiger partial charge on any atom is 0.291 e. The van der Waals surface area contributed by atoms with E-state index in [2.05, 4.69) is 31.9 Å². The Labute approximate surface area is 180 Å². The first-order chi connectivity index (χ1) is 14.0. The molecule has 1 heterocycles. The molecule has 0 saturated heterocycles. The van der Waals surface area contributed by atoms with Crippen LogP contribution in [0, 0.1) is 0 Å². The van der Waals surface area contributed by atoms with Crippen LogP contribution in [0.4, 0.5) is 11.4 Å². The lowest BCUT2D eigenvalue weighted by molar-refractivity contribution is 0.0975. The molecule has 0 aliphatic rings. The van der Waals surface area contributed by atoms with Crippen LogP contribution in [-0.2, 0) is 0 Å². The van der Waals surface area contributed by atoms with Crippen LogP contribution >= 0.6 is 28.1 Å². The number of anilines is 2. The largest absolute Gasteiger partial charge is 0.495 e. The molecule has 2 aromatic carbocycles. The van der Waals surface area contributed by atoms with Gasteiger partial charge in [0.1, 0.15) is 5.75 Å². The van der Waals surface area contributed by atoms with Crippen LogP contribution in [0.5, 0.6) is 5.75 Å². The predicted octanol–water partition coefficient (Wildman–Crippen LogP) is 4.43. The summed E-state index contributed by atoms with van der Waals surface area (Å²) in [5, 5.41) is 8.33. The summed E-state index contributed by atoms with van der Waals surface area (Å²) in [6.07, 6.45) is 1.42. The van der Waals surface area contributed by atoms with Gasteiger partial charge in [-0.3, -0.25) is 14.9 Å². The van der Waals surface area contributed by atoms with Crippen molar-refractivity contribution in [1.82, 2.24) is 5.32 Å². The molecule has 148 valence electrons. The number of halogens is 1. The third-order valence-electron chi connectivity index (χ3n) is 3.78. The van der Waals surface area contributed by atoms with Crippen LogP contribution in [-0.4, -0.2) is 24.0 Å². The second-order valence-electron chi connectivity index (χ2n) is 5.76. The molecule has 0 saturated carbocycles. The molecular weight excluding hydrogens is 458 g/mol. The number of hydrogen-bond donors (Lipinski definition) is 3. The monoisotopic (exact) mass is 473 g/mol. The Bertz CT molecular complexity index is 1040. The average Bonchev–Trinajstić information content (AvgIpc) is 3.23. The summed E-state index contributed by atoms with van der Waals surface area (Å²) in [5.74, 6) is -0.0673. The Hall–Kier alpha value is -3.17. The van der Waals surface area contributed by atoms with Crippen molar-refractivity contribution in [2.24, 2.45) is 0 Å². The van der Waals surface area contributed by atoms with Gasteiger partial charge in [0.15, 0.2) is 10.9 Å². The molecule has 0 fully saturated rings. The van der Waals surface area contributed by atoms with Crippen molar-refractivity contribution in [2.75, 3.05) is 17.7 Å². The normalized spacial score (nSPS) is 10.1. The highest BCUT2D eigenvalue weighted by Gasteiger charge is 2.13. The Morgan fingerprint density at radius 3 is 2.45 bits per heavy atom. The lowest BCUT2D eigenvalue weighted by Crippen LogP contribution is -2.34. The summed E-state index contributed by atoms with van der Waals surface area (Å²) >= 11 is 8.55. The van der Waals surface area contributed by atoms with Gasteiger partial charge in [0.05, 0.1) is 19.1 Å². The third kappa shape index (κ3) is 5.43. The van der Waals surface area contributed by atoms with E-state index in [1.165, 1.54) is 13.4 Å². The topological polar surface area (TPSA) is 92.6 Å². The molecular formula is C20H16BrN3O4S. The molecule has 0 spiro atoms. The van der Waals surface area contributed by atoms with Crippen LogP contribution in [0.1, 0.15) is 20.9 Å². The van der Waals surface area contributed by atoms with E-state index in [9.17, 15) is 9.59 Å². The summed E-state index contributed by atoms with van der Waals surface area (Å²) in [6, 6.07) is 15.0. The zero-order valence-corrected chi connectivity index (χ0v) is 17.6. The quantitative estimate of drug-likeness (QED) is 0.474. The molecule has 0 radical (unpaired) electrons. The molecule has 1 aromatic heterocycles. The van der Waals surface area contributed by atoms with Crippen molar-refractivity contribution in [3.05, 3.63) is 76.7 Å². The minimum absolute atomic E-state index is 0.0886. The van der Waals surface area contributed by atoms with Crippen molar-refractivity contribution >= 4 is 56.4 Å². The molecule has 0 aliphatic carbocycles. The van der Waals surface area contributed by atoms with E-state index in [1.54, 1.807) is 54.6 Å². The number of carbonyl (C=O) groups excluding carboxylic acids is 2. The molecule has 0 atom stereocenters. The van der Waals surface area contributed by atoms with Crippen LogP contribution in [0.3, 0.4) is 0 Å². The van der Waals surface area contributed by atoms with Crippen molar-refractivity contribution < 1.29 is 18.7 Å². The van der Waals surface area contributed by atoms with Crippen molar-refractivity contribution in [2.45, 2.75) is 0 Å². The fourth-order valence-electron chi connectivity index (χ4n) is 2.41. The van der Waals surface area contributed by atoms with E-state index in [-0.39, 0.29) is 16.8 Å². The lowest BCUT2D eigenvalue weighted by atomic mass is 10.2. The third-order valence-corrected chi connectivity index (χ3v) is 4.52. The first-order valence-electron chi connectivity index (χ1n) is 8.37. The number of thiocarbonyl (C=S) groups is 1. The summed E-state index contributed by atoms with van der Waals surface area (Å²) in [6.45, 7) is 0. The zero-order valence-electron chi connectivity index (χ0n) is 15.2. The summed E-state index contributed by atoms with van der Waals surface area (Å²) in [5.41, 5.74) is 1.44. The molecule has 3 N–H and O–H groups in total. The van der Waals surface area contributed by atoms with Gasteiger partial charge in [-0.05, 0) is 66.8 Å². The first-order valence-corrected chi connectivity index (χ1v) is 9.57. The zero-order chi connectivity index (χ0) is 20.8. The minimum atomic E-state index is -0.391. The van der Waals surface area contributed by atoms with Gasteiger partial charge in [0.2, 0.25) is 0 Å². The maximum absolute atomic E-state index is 12.3. The van der Waals surface area contributed by atoms with Crippen LogP contribution in [0.15, 0.2) is 69.8 Å². The van der Waals surface area contributed by atoms with Gasteiger partial charge in [-0.2, -0.15) is 0 Å². The van der Waals surface area contributed by atoms with Gasteiger partial charge in [-0.15, -0.1) is 0 Å². The number of methoxy groups -OCH3 is 1. The number of amides is 2. The van der Waals surface area contributed by atoms with E-state index in [0.717, 1.165) is 4.47 Å². The van der Waals surface area contributed by atoms with E-state index in [4.69, 9.17) is 21.4 Å². The molecule has 0 unspecified atom stereocenters. The summed E-state index contributed by atoms with van der Waals surface area (Å²) in [4.78, 5) is 24.4. The van der Waals surface area contributed by atoms with Crippen LogP contribution < -0.4 is 20.7 Å². The molecule has 0 aliphatic heterocycles. The van der Waals surface area contributed by atoms with E-state index in [0.29, 0.717) is 22.7 Å². The van der Waals surface area contributed by atoms with Gasteiger partial charge in [0.25, 0.3) is 11.8 Å². The van der Waals surface area contributed by atoms with Crippen molar-refractivity contribution in [3.63, 3.8) is 0 Å². The number of furan rings is 1. The van der Waals surface area contributed by atoms with Crippen molar-refractivity contribution in [3.8, 4) is 5.75 Å². The Kier molecular flexibility index (Phi) is 6.63. The SMILES string of the molecule is COc1ccc(NC(=O)c2ccco2)cc1NC(=S)NC(=O)c1ccc(Br)cc1.